The van der Waals surface area contributed by atoms with Crippen molar-refractivity contribution in [2.24, 2.45) is 5.92 Å². The average molecular weight is 397 g/mol. The number of fused-ring (bicyclic) bond motifs is 1. The van der Waals surface area contributed by atoms with Crippen LogP contribution in [0.4, 0.5) is 9.18 Å². The molecule has 154 valence electrons. The largest absolute Gasteiger partial charge is 0.491 e. The smallest absolute Gasteiger partial charge is 0.315 e. The Balaban J connectivity index is 1.16. The summed E-state index contributed by atoms with van der Waals surface area (Å²) < 4.78 is 19.5. The van der Waals surface area contributed by atoms with Gasteiger partial charge in [-0.2, -0.15) is 0 Å². The molecule has 0 unspecified atom stereocenters. The Morgan fingerprint density at radius 1 is 1.10 bits per heavy atom. The highest BCUT2D eigenvalue weighted by Crippen LogP contribution is 2.24. The minimum atomic E-state index is -0.137. The molecule has 0 radical (unpaired) electrons. The molecule has 2 aromatic rings. The van der Waals surface area contributed by atoms with Gasteiger partial charge in [0.05, 0.1) is 6.04 Å². The Labute approximate surface area is 171 Å². The van der Waals surface area contributed by atoms with E-state index in [1.807, 2.05) is 36.4 Å². The van der Waals surface area contributed by atoms with E-state index in [4.69, 9.17) is 4.74 Å². The number of para-hydroxylation sites is 1. The van der Waals surface area contributed by atoms with Crippen molar-refractivity contribution in [2.45, 2.75) is 31.8 Å². The van der Waals surface area contributed by atoms with Crippen LogP contribution in [0.3, 0.4) is 0 Å². The fourth-order valence-electron chi connectivity index (χ4n) is 4.11. The summed E-state index contributed by atoms with van der Waals surface area (Å²) in [5, 5.41) is 6.03. The second-order valence-corrected chi connectivity index (χ2v) is 7.99. The van der Waals surface area contributed by atoms with E-state index in [9.17, 15) is 9.18 Å². The maximum absolute atomic E-state index is 13.8. The van der Waals surface area contributed by atoms with Crippen molar-refractivity contribution in [1.82, 2.24) is 15.5 Å². The van der Waals surface area contributed by atoms with E-state index in [0.717, 1.165) is 49.2 Å². The maximum atomic E-state index is 13.8. The lowest BCUT2D eigenvalue weighted by molar-refractivity contribution is 0.172. The molecule has 5 nitrogen and oxygen atoms in total. The number of carbonyl (C=O) groups is 1. The molecule has 0 aliphatic carbocycles. The molecule has 0 bridgehead atoms. The van der Waals surface area contributed by atoms with E-state index in [-0.39, 0.29) is 17.9 Å². The van der Waals surface area contributed by atoms with Gasteiger partial charge in [0.2, 0.25) is 0 Å². The highest BCUT2D eigenvalue weighted by atomic mass is 19.1. The first kappa shape index (κ1) is 19.7. The minimum Gasteiger partial charge on any atom is -0.491 e. The third-order valence-electron chi connectivity index (χ3n) is 5.82. The van der Waals surface area contributed by atoms with Crippen LogP contribution in [-0.2, 0) is 13.0 Å². The molecule has 2 aliphatic rings. The molecule has 4 rings (SSSR count). The molecule has 6 heteroatoms. The number of nitrogens with one attached hydrogen (secondary N) is 2. The van der Waals surface area contributed by atoms with E-state index in [0.29, 0.717) is 25.6 Å². The number of rotatable bonds is 5. The molecule has 2 N–H and O–H groups in total. The Morgan fingerprint density at radius 2 is 1.86 bits per heavy atom. The van der Waals surface area contributed by atoms with E-state index < -0.39 is 0 Å². The van der Waals surface area contributed by atoms with Crippen molar-refractivity contribution >= 4 is 6.03 Å². The molecule has 2 heterocycles. The van der Waals surface area contributed by atoms with Gasteiger partial charge >= 0.3 is 6.03 Å². The van der Waals surface area contributed by atoms with Gasteiger partial charge in [-0.15, -0.1) is 0 Å². The van der Waals surface area contributed by atoms with Crippen LogP contribution in [-0.4, -0.2) is 43.2 Å². The Morgan fingerprint density at radius 3 is 2.69 bits per heavy atom. The predicted octanol–water partition coefficient (Wildman–Crippen LogP) is 3.34. The zero-order chi connectivity index (χ0) is 20.1. The number of hydrogen-bond acceptors (Lipinski definition) is 3. The molecular formula is C23H28FN3O2. The van der Waals surface area contributed by atoms with Crippen LogP contribution in [0.1, 0.15) is 24.0 Å². The van der Waals surface area contributed by atoms with Crippen LogP contribution in [0.2, 0.25) is 0 Å². The standard InChI is InChI=1S/C23H28FN3O2/c24-21-7-3-1-6-19(21)15-27-11-9-17(10-12-27)14-25-23(28)26-20-13-18-5-2-4-8-22(18)29-16-20/h1-8,17,20H,9-16H2,(H2,25,26,28)/t20-/m0/s1. The van der Waals surface area contributed by atoms with E-state index in [1.165, 1.54) is 6.07 Å². The number of carbonyl (C=O) groups excluding carboxylic acids is 1. The number of hydrogen-bond donors (Lipinski definition) is 2. The van der Waals surface area contributed by atoms with Crippen LogP contribution in [0.5, 0.6) is 5.75 Å². The number of ether oxygens (including phenoxy) is 1. The van der Waals surface area contributed by atoms with Gasteiger partial charge in [-0.3, -0.25) is 4.90 Å². The van der Waals surface area contributed by atoms with Crippen molar-refractivity contribution in [3.05, 3.63) is 65.5 Å². The van der Waals surface area contributed by atoms with Crippen LogP contribution in [0.15, 0.2) is 48.5 Å². The summed E-state index contributed by atoms with van der Waals surface area (Å²) in [5.41, 5.74) is 1.88. The number of urea groups is 1. The van der Waals surface area contributed by atoms with Gasteiger partial charge in [0.15, 0.2) is 0 Å². The Kier molecular flexibility index (Phi) is 6.30. The normalized spacial score (nSPS) is 19.8. The lowest BCUT2D eigenvalue weighted by Crippen LogP contribution is -2.48. The minimum absolute atomic E-state index is 0.00693. The number of benzene rings is 2. The molecule has 0 saturated carbocycles. The molecule has 0 spiro atoms. The molecule has 1 fully saturated rings. The van der Waals surface area contributed by atoms with Crippen LogP contribution in [0, 0.1) is 11.7 Å². The van der Waals surface area contributed by atoms with Gasteiger partial charge in [-0.05, 0) is 56.0 Å². The highest BCUT2D eigenvalue weighted by Gasteiger charge is 2.23. The van der Waals surface area contributed by atoms with Crippen molar-refractivity contribution in [3.8, 4) is 5.75 Å². The molecule has 2 amide bonds. The van der Waals surface area contributed by atoms with E-state index in [2.05, 4.69) is 15.5 Å². The zero-order valence-corrected chi connectivity index (χ0v) is 16.6. The Hall–Kier alpha value is -2.60. The van der Waals surface area contributed by atoms with E-state index >= 15 is 0 Å². The van der Waals surface area contributed by atoms with Crippen LogP contribution in [0.25, 0.3) is 0 Å². The SMILES string of the molecule is O=C(NCC1CCN(Cc2ccccc2F)CC1)N[C@@H]1COc2ccccc2C1. The molecule has 1 saturated heterocycles. The summed E-state index contributed by atoms with van der Waals surface area (Å²) in [6.45, 7) is 3.67. The lowest BCUT2D eigenvalue weighted by Gasteiger charge is -2.32. The number of amides is 2. The third kappa shape index (κ3) is 5.26. The van der Waals surface area contributed by atoms with Crippen molar-refractivity contribution in [1.29, 1.82) is 0 Å². The average Bonchev–Trinajstić information content (AvgIpc) is 2.75. The van der Waals surface area contributed by atoms with Gasteiger partial charge in [-0.25, -0.2) is 9.18 Å². The fourth-order valence-corrected chi connectivity index (χ4v) is 4.11. The topological polar surface area (TPSA) is 53.6 Å². The first-order valence-corrected chi connectivity index (χ1v) is 10.4. The number of nitrogens with zero attached hydrogens (tertiary/aromatic N) is 1. The van der Waals surface area contributed by atoms with Crippen molar-refractivity contribution < 1.29 is 13.9 Å². The monoisotopic (exact) mass is 397 g/mol. The van der Waals surface area contributed by atoms with Crippen LogP contribution >= 0.6 is 0 Å². The molecular weight excluding hydrogens is 369 g/mol. The second-order valence-electron chi connectivity index (χ2n) is 7.99. The predicted molar refractivity (Wildman–Crippen MR) is 110 cm³/mol. The van der Waals surface area contributed by atoms with Gasteiger partial charge in [0.25, 0.3) is 0 Å². The van der Waals surface area contributed by atoms with Crippen LogP contribution < -0.4 is 15.4 Å². The van der Waals surface area contributed by atoms with Crippen molar-refractivity contribution in [3.63, 3.8) is 0 Å². The summed E-state index contributed by atoms with van der Waals surface area (Å²) in [4.78, 5) is 14.6. The molecule has 0 aromatic heterocycles. The third-order valence-corrected chi connectivity index (χ3v) is 5.82. The molecule has 29 heavy (non-hydrogen) atoms. The highest BCUT2D eigenvalue weighted by molar-refractivity contribution is 5.74. The number of piperidine rings is 1. The first-order chi connectivity index (χ1) is 14.2. The number of likely N-dealkylation sites (tertiary alicyclic amines) is 1. The summed E-state index contributed by atoms with van der Waals surface area (Å²) >= 11 is 0. The summed E-state index contributed by atoms with van der Waals surface area (Å²) in [6.07, 6.45) is 2.81. The zero-order valence-electron chi connectivity index (χ0n) is 16.6. The second kappa shape index (κ2) is 9.27. The van der Waals surface area contributed by atoms with Gasteiger partial charge in [0.1, 0.15) is 18.2 Å². The number of halogens is 1. The summed E-state index contributed by atoms with van der Waals surface area (Å²) in [5.74, 6) is 1.23. The molecule has 2 aliphatic heterocycles. The fraction of sp³-hybridized carbons (Fsp3) is 0.435. The summed E-state index contributed by atoms with van der Waals surface area (Å²) in [6, 6.07) is 14.8. The van der Waals surface area contributed by atoms with Gasteiger partial charge in [-0.1, -0.05) is 36.4 Å². The Bertz CT molecular complexity index is 836. The molecule has 2 aromatic carbocycles. The summed E-state index contributed by atoms with van der Waals surface area (Å²) in [7, 11) is 0. The maximum Gasteiger partial charge on any atom is 0.315 e. The first-order valence-electron chi connectivity index (χ1n) is 10.4. The van der Waals surface area contributed by atoms with Gasteiger partial charge < -0.3 is 15.4 Å². The lowest BCUT2D eigenvalue weighted by atomic mass is 9.96. The van der Waals surface area contributed by atoms with Crippen molar-refractivity contribution in [2.75, 3.05) is 26.2 Å². The van der Waals surface area contributed by atoms with Gasteiger partial charge in [0, 0.05) is 18.7 Å². The quantitative estimate of drug-likeness (QED) is 0.814. The van der Waals surface area contributed by atoms with E-state index in [1.54, 1.807) is 6.07 Å². The molecule has 1 atom stereocenters.